The molecule has 114 valence electrons. The Hall–Kier alpha value is -1.35. The number of hydrogen-bond donors (Lipinski definition) is 2. The second-order valence-electron chi connectivity index (χ2n) is 4.00. The first-order chi connectivity index (χ1) is 9.26. The van der Waals surface area contributed by atoms with Crippen LogP contribution in [-0.4, -0.2) is 32.7 Å². The second kappa shape index (κ2) is 6.89. The van der Waals surface area contributed by atoms with Crippen LogP contribution < -0.4 is 10.0 Å². The third kappa shape index (κ3) is 5.33. The minimum absolute atomic E-state index is 0.214. The fraction of sp³-hybridized carbons (Fsp3) is 0.545. The zero-order valence-electron chi connectivity index (χ0n) is 10.9. The lowest BCUT2D eigenvalue weighted by atomic mass is 10.3. The standard InChI is InChI=1S/C11H16F3N3O2S/c1-2-15-9-5-3-7-16-10(9)20(18,19)17-8-4-6-11(12,13)14/h3,5,7,15,17H,2,4,6,8H2,1H3. The first-order valence-electron chi connectivity index (χ1n) is 6.01. The quantitative estimate of drug-likeness (QED) is 0.757. The molecule has 0 aliphatic rings. The van der Waals surface area contributed by atoms with Gasteiger partial charge in [0.05, 0.1) is 5.69 Å². The lowest BCUT2D eigenvalue weighted by Gasteiger charge is -2.11. The monoisotopic (exact) mass is 311 g/mol. The number of halogens is 3. The predicted octanol–water partition coefficient (Wildman–Crippen LogP) is 2.13. The first-order valence-corrected chi connectivity index (χ1v) is 7.50. The Morgan fingerprint density at radius 2 is 2.05 bits per heavy atom. The normalized spacial score (nSPS) is 12.4. The van der Waals surface area contributed by atoms with Crippen molar-refractivity contribution in [2.24, 2.45) is 0 Å². The van der Waals surface area contributed by atoms with Crippen LogP contribution in [0.4, 0.5) is 18.9 Å². The number of anilines is 1. The molecule has 1 heterocycles. The second-order valence-corrected chi connectivity index (χ2v) is 5.69. The number of aromatic nitrogens is 1. The summed E-state index contributed by atoms with van der Waals surface area (Å²) in [5.41, 5.74) is 0.318. The van der Waals surface area contributed by atoms with Gasteiger partial charge in [0.25, 0.3) is 10.0 Å². The highest BCUT2D eigenvalue weighted by atomic mass is 32.2. The number of rotatable bonds is 7. The first kappa shape index (κ1) is 16.7. The largest absolute Gasteiger partial charge is 0.389 e. The molecule has 0 aliphatic carbocycles. The summed E-state index contributed by atoms with van der Waals surface area (Å²) in [4.78, 5) is 3.76. The molecule has 0 amide bonds. The molecule has 2 N–H and O–H groups in total. The minimum Gasteiger partial charge on any atom is -0.383 e. The summed E-state index contributed by atoms with van der Waals surface area (Å²) in [5.74, 6) is 0. The Morgan fingerprint density at radius 3 is 2.65 bits per heavy atom. The van der Waals surface area contributed by atoms with Gasteiger partial charge < -0.3 is 5.32 Å². The van der Waals surface area contributed by atoms with Crippen LogP contribution in [0.2, 0.25) is 0 Å². The van der Waals surface area contributed by atoms with Crippen molar-refractivity contribution >= 4 is 15.7 Å². The van der Waals surface area contributed by atoms with Crippen LogP contribution >= 0.6 is 0 Å². The lowest BCUT2D eigenvalue weighted by Crippen LogP contribution is -2.27. The molecule has 5 nitrogen and oxygen atoms in total. The Bertz CT molecular complexity index is 532. The number of hydrogen-bond acceptors (Lipinski definition) is 4. The maximum atomic E-state index is 12.0. The maximum absolute atomic E-state index is 12.0. The number of pyridine rings is 1. The fourth-order valence-electron chi connectivity index (χ4n) is 1.49. The SMILES string of the molecule is CCNc1cccnc1S(=O)(=O)NCCCC(F)(F)F. The van der Waals surface area contributed by atoms with Crippen LogP contribution in [0.25, 0.3) is 0 Å². The molecule has 1 aromatic rings. The molecule has 0 aliphatic heterocycles. The van der Waals surface area contributed by atoms with E-state index in [1.807, 2.05) is 0 Å². The van der Waals surface area contributed by atoms with Gasteiger partial charge in [0, 0.05) is 25.7 Å². The molecule has 1 aromatic heterocycles. The van der Waals surface area contributed by atoms with Crippen LogP contribution in [0.15, 0.2) is 23.4 Å². The summed E-state index contributed by atoms with van der Waals surface area (Å²) in [7, 11) is -3.92. The molecule has 0 radical (unpaired) electrons. The maximum Gasteiger partial charge on any atom is 0.389 e. The summed E-state index contributed by atoms with van der Waals surface area (Å²) in [6.07, 6.45) is -4.32. The average Bonchev–Trinajstić information content (AvgIpc) is 2.35. The molecule has 0 unspecified atom stereocenters. The van der Waals surface area contributed by atoms with Crippen molar-refractivity contribution in [1.82, 2.24) is 9.71 Å². The van der Waals surface area contributed by atoms with E-state index in [1.165, 1.54) is 6.20 Å². The lowest BCUT2D eigenvalue weighted by molar-refractivity contribution is -0.135. The van der Waals surface area contributed by atoms with Gasteiger partial charge in [0.15, 0.2) is 5.03 Å². The van der Waals surface area contributed by atoms with E-state index >= 15 is 0 Å². The Morgan fingerprint density at radius 1 is 1.35 bits per heavy atom. The summed E-state index contributed by atoms with van der Waals surface area (Å²) in [6.45, 7) is 2.01. The summed E-state index contributed by atoms with van der Waals surface area (Å²) >= 11 is 0. The molecule has 0 saturated heterocycles. The van der Waals surface area contributed by atoms with Crippen molar-refractivity contribution in [2.75, 3.05) is 18.4 Å². The zero-order chi connectivity index (χ0) is 15.2. The molecule has 0 saturated carbocycles. The van der Waals surface area contributed by atoms with Gasteiger partial charge in [-0.05, 0) is 25.5 Å². The number of nitrogens with zero attached hydrogens (tertiary/aromatic N) is 1. The van der Waals surface area contributed by atoms with Crippen molar-refractivity contribution in [2.45, 2.75) is 31.0 Å². The molecular weight excluding hydrogens is 295 g/mol. The van der Waals surface area contributed by atoms with Crippen LogP contribution in [0, 0.1) is 0 Å². The van der Waals surface area contributed by atoms with E-state index in [9.17, 15) is 21.6 Å². The van der Waals surface area contributed by atoms with Crippen LogP contribution in [0.1, 0.15) is 19.8 Å². The highest BCUT2D eigenvalue weighted by Crippen LogP contribution is 2.21. The highest BCUT2D eigenvalue weighted by molar-refractivity contribution is 7.89. The van der Waals surface area contributed by atoms with Gasteiger partial charge in [-0.3, -0.25) is 0 Å². The van der Waals surface area contributed by atoms with Gasteiger partial charge in [0.2, 0.25) is 0 Å². The van der Waals surface area contributed by atoms with Crippen molar-refractivity contribution in [1.29, 1.82) is 0 Å². The van der Waals surface area contributed by atoms with Gasteiger partial charge in [-0.15, -0.1) is 0 Å². The molecule has 0 spiro atoms. The van der Waals surface area contributed by atoms with Crippen molar-refractivity contribution in [3.05, 3.63) is 18.3 Å². The molecule has 9 heteroatoms. The Kier molecular flexibility index (Phi) is 5.75. The zero-order valence-corrected chi connectivity index (χ0v) is 11.7. The number of alkyl halides is 3. The van der Waals surface area contributed by atoms with E-state index in [1.54, 1.807) is 19.1 Å². The highest BCUT2D eigenvalue weighted by Gasteiger charge is 2.27. The van der Waals surface area contributed by atoms with Crippen LogP contribution in [-0.2, 0) is 10.0 Å². The third-order valence-corrected chi connectivity index (χ3v) is 3.74. The molecule has 20 heavy (non-hydrogen) atoms. The fourth-order valence-corrected chi connectivity index (χ4v) is 2.67. The van der Waals surface area contributed by atoms with E-state index in [2.05, 4.69) is 15.0 Å². The molecule has 0 aromatic carbocycles. The predicted molar refractivity (Wildman–Crippen MR) is 68.9 cm³/mol. The van der Waals surface area contributed by atoms with Gasteiger partial charge >= 0.3 is 6.18 Å². The van der Waals surface area contributed by atoms with E-state index < -0.39 is 22.6 Å². The van der Waals surface area contributed by atoms with E-state index in [0.717, 1.165) is 0 Å². The smallest absolute Gasteiger partial charge is 0.383 e. The average molecular weight is 311 g/mol. The van der Waals surface area contributed by atoms with Gasteiger partial charge in [-0.2, -0.15) is 13.2 Å². The van der Waals surface area contributed by atoms with Crippen LogP contribution in [0.3, 0.4) is 0 Å². The molecular formula is C11H16F3N3O2S. The molecule has 0 atom stereocenters. The Labute approximate surface area is 115 Å². The van der Waals surface area contributed by atoms with Crippen molar-refractivity contribution in [3.8, 4) is 0 Å². The third-order valence-electron chi connectivity index (χ3n) is 2.32. The van der Waals surface area contributed by atoms with Crippen molar-refractivity contribution < 1.29 is 21.6 Å². The van der Waals surface area contributed by atoms with Gasteiger partial charge in [-0.1, -0.05) is 0 Å². The molecule has 0 bridgehead atoms. The molecule has 1 rings (SSSR count). The van der Waals surface area contributed by atoms with E-state index in [-0.39, 0.29) is 18.0 Å². The van der Waals surface area contributed by atoms with E-state index in [0.29, 0.717) is 12.2 Å². The minimum atomic E-state index is -4.29. The van der Waals surface area contributed by atoms with Crippen LogP contribution in [0.5, 0.6) is 0 Å². The van der Waals surface area contributed by atoms with E-state index in [4.69, 9.17) is 0 Å². The van der Waals surface area contributed by atoms with Crippen molar-refractivity contribution in [3.63, 3.8) is 0 Å². The molecule has 0 fully saturated rings. The Balaban J connectivity index is 2.69. The number of nitrogens with one attached hydrogen (secondary N) is 2. The number of sulfonamides is 1. The topological polar surface area (TPSA) is 71.1 Å². The summed E-state index contributed by atoms with van der Waals surface area (Å²) in [5, 5.41) is 2.62. The van der Waals surface area contributed by atoms with Gasteiger partial charge in [0.1, 0.15) is 0 Å². The summed E-state index contributed by atoms with van der Waals surface area (Å²) in [6, 6.07) is 3.11. The van der Waals surface area contributed by atoms with Gasteiger partial charge in [-0.25, -0.2) is 18.1 Å². The summed E-state index contributed by atoms with van der Waals surface area (Å²) < 4.78 is 61.9.